The van der Waals surface area contributed by atoms with Gasteiger partial charge >= 0.3 is 0 Å². The van der Waals surface area contributed by atoms with Crippen LogP contribution in [0.15, 0.2) is 52.9 Å². The van der Waals surface area contributed by atoms with Crippen molar-refractivity contribution >= 4 is 32.8 Å². The minimum Gasteiger partial charge on any atom is -0.490 e. The number of amides is 1. The van der Waals surface area contributed by atoms with Crippen LogP contribution in [0, 0.1) is 0 Å². The predicted molar refractivity (Wildman–Crippen MR) is 146 cm³/mol. The second-order valence-corrected chi connectivity index (χ2v) is 12.9. The number of hydrogen-bond acceptors (Lipinski definition) is 10. The van der Waals surface area contributed by atoms with Crippen LogP contribution in [0.3, 0.4) is 0 Å². The van der Waals surface area contributed by atoms with Crippen LogP contribution in [0.4, 0.5) is 0 Å². The number of fused-ring (bicyclic) bond motifs is 1. The first-order chi connectivity index (χ1) is 18.4. The monoisotopic (exact) mass is 555 g/mol. The molecule has 0 spiro atoms. The molecule has 1 aliphatic rings. The van der Waals surface area contributed by atoms with Crippen molar-refractivity contribution in [1.29, 1.82) is 0 Å². The van der Waals surface area contributed by atoms with Crippen LogP contribution in [-0.4, -0.2) is 68.5 Å². The van der Waals surface area contributed by atoms with Crippen molar-refractivity contribution in [2.45, 2.75) is 62.3 Å². The van der Waals surface area contributed by atoms with Crippen LogP contribution in [0.5, 0.6) is 5.75 Å². The van der Waals surface area contributed by atoms with Gasteiger partial charge in [-0.2, -0.15) is 0 Å². The molecule has 4 N–H and O–H groups in total. The smallest absolute Gasteiger partial charge is 0.270 e. The zero-order valence-electron chi connectivity index (χ0n) is 22.3. The molecule has 0 radical (unpaired) electrons. The van der Waals surface area contributed by atoms with E-state index >= 15 is 0 Å². The maximum absolute atomic E-state index is 13.4. The number of sulfone groups is 1. The molecule has 3 heterocycles. The molecule has 1 atom stereocenters. The molecular formula is C26H33N7O5S. The summed E-state index contributed by atoms with van der Waals surface area (Å²) in [5, 5.41) is 12.1. The quantitative estimate of drug-likeness (QED) is 0.315. The number of aromatic nitrogens is 4. The molecule has 0 aromatic carbocycles. The Bertz CT molecular complexity index is 1520. The lowest BCUT2D eigenvalue weighted by molar-refractivity contribution is -0.115. The van der Waals surface area contributed by atoms with Crippen LogP contribution in [0.1, 0.15) is 58.1 Å². The van der Waals surface area contributed by atoms with E-state index in [1.54, 1.807) is 46.2 Å². The molecular weight excluding hydrogens is 522 g/mol. The molecule has 39 heavy (non-hydrogen) atoms. The second-order valence-electron chi connectivity index (χ2n) is 10.2. The molecule has 0 saturated heterocycles. The average Bonchev–Trinajstić information content (AvgIpc) is 3.62. The van der Waals surface area contributed by atoms with Gasteiger partial charge in [0.2, 0.25) is 0 Å². The maximum atomic E-state index is 13.4. The summed E-state index contributed by atoms with van der Waals surface area (Å²) in [4.78, 5) is 30.4. The first-order valence-corrected chi connectivity index (χ1v) is 14.0. The molecule has 1 amide bonds. The van der Waals surface area contributed by atoms with E-state index in [1.165, 1.54) is 28.9 Å². The zero-order valence-corrected chi connectivity index (χ0v) is 23.1. The first kappa shape index (κ1) is 28.2. The molecule has 0 unspecified atom stereocenters. The number of carbonyl (C=O) groups is 1. The first-order valence-electron chi connectivity index (χ1n) is 12.5. The highest BCUT2D eigenvalue weighted by molar-refractivity contribution is 7.92. The van der Waals surface area contributed by atoms with E-state index < -0.39 is 26.5 Å². The molecule has 1 fully saturated rings. The van der Waals surface area contributed by atoms with E-state index in [2.05, 4.69) is 25.3 Å². The minimum atomic E-state index is -3.85. The fourth-order valence-corrected chi connectivity index (χ4v) is 4.94. The number of nitrogens with one attached hydrogen (secondary N) is 1. The van der Waals surface area contributed by atoms with Gasteiger partial charge in [-0.25, -0.2) is 23.4 Å². The molecule has 1 saturated carbocycles. The van der Waals surface area contributed by atoms with Gasteiger partial charge in [0.05, 0.1) is 41.0 Å². The molecule has 208 valence electrons. The van der Waals surface area contributed by atoms with Crippen LogP contribution < -0.4 is 15.8 Å². The summed E-state index contributed by atoms with van der Waals surface area (Å²) in [6.45, 7) is 6.17. The predicted octanol–water partition coefficient (Wildman–Crippen LogP) is 1.85. The van der Waals surface area contributed by atoms with Crippen molar-refractivity contribution in [3.05, 3.63) is 54.5 Å². The Morgan fingerprint density at radius 3 is 2.62 bits per heavy atom. The van der Waals surface area contributed by atoms with E-state index in [0.717, 1.165) is 12.8 Å². The maximum Gasteiger partial charge on any atom is 0.270 e. The normalized spacial score (nSPS) is 15.8. The molecule has 13 heteroatoms. The van der Waals surface area contributed by atoms with Gasteiger partial charge in [0.15, 0.2) is 9.84 Å². The van der Waals surface area contributed by atoms with Gasteiger partial charge in [-0.15, -0.1) is 0 Å². The number of hydrogen-bond donors (Lipinski definition) is 3. The number of nitrogens with two attached hydrogens (primary N) is 1. The third-order valence-electron chi connectivity index (χ3n) is 6.03. The van der Waals surface area contributed by atoms with E-state index in [4.69, 9.17) is 10.5 Å². The number of nitrogens with zero attached hydrogens (tertiary/aromatic N) is 5. The number of pyridine rings is 1. The summed E-state index contributed by atoms with van der Waals surface area (Å²) in [6, 6.07) is 2.75. The van der Waals surface area contributed by atoms with Crippen molar-refractivity contribution in [3.63, 3.8) is 0 Å². The topological polar surface area (TPSA) is 174 Å². The van der Waals surface area contributed by atoms with Gasteiger partial charge in [-0.3, -0.25) is 14.2 Å². The number of ether oxygens (including phenoxy) is 1. The average molecular weight is 556 g/mol. The second kappa shape index (κ2) is 11.1. The van der Waals surface area contributed by atoms with Gasteiger partial charge in [-0.1, -0.05) is 0 Å². The van der Waals surface area contributed by atoms with Crippen molar-refractivity contribution in [2.75, 3.05) is 13.2 Å². The standard InChI is InChI=1S/C26H33N7O5S/c1-16(24-28-8-5-9-29-24)31-25(35)19(32-17-6-7-17)12-18(27)20-14-30-23-13-21(38-11-10-34)22(15-33(20)23)39(36,37)26(2,3)4/h5,8-9,12-17,34H,6-7,10-11,27H2,1-4H3,(H,31,35)/b18-12-,32-19?/t16-/m1/s1. The molecule has 3 aromatic heterocycles. The third kappa shape index (κ3) is 6.25. The molecule has 0 aliphatic heterocycles. The Labute approximate surface area is 227 Å². The Kier molecular flexibility index (Phi) is 8.02. The summed E-state index contributed by atoms with van der Waals surface area (Å²) in [5.74, 6) is 0.107. The summed E-state index contributed by atoms with van der Waals surface area (Å²) in [7, 11) is -3.85. The Hall–Kier alpha value is -3.84. The van der Waals surface area contributed by atoms with Gasteiger partial charge in [0.25, 0.3) is 5.91 Å². The number of aliphatic hydroxyl groups excluding tert-OH is 1. The number of aliphatic hydroxyl groups is 1. The summed E-state index contributed by atoms with van der Waals surface area (Å²) >= 11 is 0. The van der Waals surface area contributed by atoms with Crippen molar-refractivity contribution < 1.29 is 23.1 Å². The van der Waals surface area contributed by atoms with Crippen molar-refractivity contribution in [1.82, 2.24) is 24.7 Å². The van der Waals surface area contributed by atoms with Crippen LogP contribution in [-0.2, 0) is 14.6 Å². The number of aliphatic imine (C=N–C) groups is 1. The molecule has 0 bridgehead atoms. The molecule has 1 aliphatic carbocycles. The Morgan fingerprint density at radius 2 is 2.00 bits per heavy atom. The third-order valence-corrected chi connectivity index (χ3v) is 8.53. The zero-order chi connectivity index (χ0) is 28.4. The van der Waals surface area contributed by atoms with Crippen LogP contribution >= 0.6 is 0 Å². The van der Waals surface area contributed by atoms with E-state index in [0.29, 0.717) is 17.2 Å². The summed E-state index contributed by atoms with van der Waals surface area (Å²) < 4.78 is 32.8. The van der Waals surface area contributed by atoms with Gasteiger partial charge in [0, 0.05) is 24.7 Å². The van der Waals surface area contributed by atoms with Crippen molar-refractivity contribution in [2.24, 2.45) is 10.7 Å². The van der Waals surface area contributed by atoms with Crippen LogP contribution in [0.25, 0.3) is 11.3 Å². The van der Waals surface area contributed by atoms with Crippen LogP contribution in [0.2, 0.25) is 0 Å². The fourth-order valence-electron chi connectivity index (χ4n) is 3.65. The SMILES string of the molecule is C[C@@H](NC(=O)C(/C=C(\N)c1cnc2cc(OCCO)c(S(=O)(=O)C(C)(C)C)cn12)=NC1CC1)c1ncccn1. The van der Waals surface area contributed by atoms with Gasteiger partial charge in [0.1, 0.15) is 34.4 Å². The number of carbonyl (C=O) groups excluding carboxylic acids is 1. The summed E-state index contributed by atoms with van der Waals surface area (Å²) in [5.41, 5.74) is 7.51. The molecule has 12 nitrogen and oxygen atoms in total. The minimum absolute atomic E-state index is 0.0371. The Morgan fingerprint density at radius 1 is 1.31 bits per heavy atom. The van der Waals surface area contributed by atoms with Crippen molar-refractivity contribution in [3.8, 4) is 5.75 Å². The van der Waals surface area contributed by atoms with Gasteiger partial charge < -0.3 is 20.9 Å². The number of imidazole rings is 1. The van der Waals surface area contributed by atoms with E-state index in [9.17, 15) is 18.3 Å². The van der Waals surface area contributed by atoms with E-state index in [1.807, 2.05) is 0 Å². The molecule has 3 aromatic rings. The van der Waals surface area contributed by atoms with E-state index in [-0.39, 0.29) is 41.3 Å². The van der Waals surface area contributed by atoms with Gasteiger partial charge in [-0.05, 0) is 52.7 Å². The fraction of sp³-hybridized carbons (Fsp3) is 0.423. The lowest BCUT2D eigenvalue weighted by Crippen LogP contribution is -2.33. The number of rotatable bonds is 10. The lowest BCUT2D eigenvalue weighted by Gasteiger charge is -2.21. The highest BCUT2D eigenvalue weighted by Crippen LogP contribution is 2.34. The lowest BCUT2D eigenvalue weighted by atomic mass is 10.2. The Balaban J connectivity index is 1.73. The largest absolute Gasteiger partial charge is 0.490 e. The highest BCUT2D eigenvalue weighted by Gasteiger charge is 2.34. The molecule has 4 rings (SSSR count). The summed E-state index contributed by atoms with van der Waals surface area (Å²) in [6.07, 6.45) is 9.30. The highest BCUT2D eigenvalue weighted by atomic mass is 32.2.